The third-order valence-electron chi connectivity index (χ3n) is 2.23. The Morgan fingerprint density at radius 1 is 1.38 bits per heavy atom. The third kappa shape index (κ3) is 3.08. The molecule has 0 saturated heterocycles. The van der Waals surface area contributed by atoms with E-state index in [0.29, 0.717) is 0 Å². The van der Waals surface area contributed by atoms with Crippen LogP contribution in [-0.4, -0.2) is 12.0 Å². The van der Waals surface area contributed by atoms with Gasteiger partial charge in [0.05, 0.1) is 12.0 Å². The highest BCUT2D eigenvalue weighted by atomic mass is 16.6. The van der Waals surface area contributed by atoms with Crippen LogP contribution in [0.4, 0.5) is 0 Å². The minimum atomic E-state index is -0.338. The van der Waals surface area contributed by atoms with Crippen molar-refractivity contribution in [1.82, 2.24) is 0 Å². The lowest BCUT2D eigenvalue weighted by Gasteiger charge is -2.03. The molecule has 4 nitrogen and oxygen atoms in total. The van der Waals surface area contributed by atoms with Gasteiger partial charge in [-0.3, -0.25) is 10.1 Å². The van der Waals surface area contributed by atoms with Crippen LogP contribution in [0.3, 0.4) is 0 Å². The van der Waals surface area contributed by atoms with E-state index in [-0.39, 0.29) is 16.5 Å². The van der Waals surface area contributed by atoms with E-state index < -0.39 is 0 Å². The molecule has 0 aliphatic heterocycles. The molecule has 0 aliphatic carbocycles. The van der Waals surface area contributed by atoms with E-state index in [1.165, 1.54) is 0 Å². The quantitative estimate of drug-likeness (QED) is 0.580. The number of methoxy groups -OCH3 is 1. The normalized spacial score (nSPS) is 11.6. The van der Waals surface area contributed by atoms with Crippen molar-refractivity contribution in [2.24, 2.45) is 5.92 Å². The Labute approximate surface area is 94.7 Å². The second kappa shape index (κ2) is 5.30. The van der Waals surface area contributed by atoms with Crippen molar-refractivity contribution in [2.75, 3.05) is 7.11 Å². The van der Waals surface area contributed by atoms with Gasteiger partial charge in [-0.1, -0.05) is 26.0 Å². The van der Waals surface area contributed by atoms with E-state index >= 15 is 0 Å². The van der Waals surface area contributed by atoms with Gasteiger partial charge in [0, 0.05) is 12.0 Å². The van der Waals surface area contributed by atoms with Crippen LogP contribution in [-0.2, 0) is 0 Å². The van der Waals surface area contributed by atoms with Crippen LogP contribution in [0.25, 0.3) is 6.08 Å². The van der Waals surface area contributed by atoms with Crippen LogP contribution in [0.5, 0.6) is 5.75 Å². The van der Waals surface area contributed by atoms with Gasteiger partial charge in [0.1, 0.15) is 5.75 Å². The van der Waals surface area contributed by atoms with Crippen LogP contribution in [0.2, 0.25) is 0 Å². The van der Waals surface area contributed by atoms with Gasteiger partial charge in [-0.05, 0) is 17.7 Å². The van der Waals surface area contributed by atoms with Gasteiger partial charge in [0.2, 0.25) is 5.70 Å². The molecule has 0 atom stereocenters. The fourth-order valence-corrected chi connectivity index (χ4v) is 1.30. The molecule has 16 heavy (non-hydrogen) atoms. The van der Waals surface area contributed by atoms with E-state index in [9.17, 15) is 10.1 Å². The molecule has 0 amide bonds. The average Bonchev–Trinajstić information content (AvgIpc) is 2.25. The number of hydrogen-bond donors (Lipinski definition) is 0. The zero-order valence-corrected chi connectivity index (χ0v) is 9.64. The van der Waals surface area contributed by atoms with Crippen molar-refractivity contribution >= 4 is 6.08 Å². The molecule has 0 heterocycles. The molecule has 86 valence electrons. The molecule has 0 fully saturated rings. The monoisotopic (exact) mass is 221 g/mol. The summed E-state index contributed by atoms with van der Waals surface area (Å²) in [4.78, 5) is 10.4. The number of benzene rings is 1. The summed E-state index contributed by atoms with van der Waals surface area (Å²) in [6.07, 6.45) is 1.59. The summed E-state index contributed by atoms with van der Waals surface area (Å²) in [6, 6.07) is 7.16. The minimum absolute atomic E-state index is 0.0999. The molecule has 1 aromatic rings. The molecule has 0 bridgehead atoms. The Bertz CT molecular complexity index is 393. The van der Waals surface area contributed by atoms with E-state index in [2.05, 4.69) is 0 Å². The predicted molar refractivity (Wildman–Crippen MR) is 62.8 cm³/mol. The molecule has 0 saturated carbocycles. The Balaban J connectivity index is 2.99. The van der Waals surface area contributed by atoms with Gasteiger partial charge in [-0.15, -0.1) is 0 Å². The summed E-state index contributed by atoms with van der Waals surface area (Å²) in [5.41, 5.74) is 1.02. The summed E-state index contributed by atoms with van der Waals surface area (Å²) < 4.78 is 5.01. The maximum absolute atomic E-state index is 10.8. The first-order valence-corrected chi connectivity index (χ1v) is 5.04. The Morgan fingerprint density at radius 3 is 2.31 bits per heavy atom. The van der Waals surface area contributed by atoms with Gasteiger partial charge in [-0.2, -0.15) is 0 Å². The molecule has 0 aromatic heterocycles. The van der Waals surface area contributed by atoms with Crippen molar-refractivity contribution in [2.45, 2.75) is 13.8 Å². The van der Waals surface area contributed by atoms with E-state index in [1.807, 2.05) is 0 Å². The lowest BCUT2D eigenvalue weighted by atomic mass is 10.1. The smallest absolute Gasteiger partial charge is 0.249 e. The molecular formula is C12H15NO3. The lowest BCUT2D eigenvalue weighted by Crippen LogP contribution is -2.05. The molecule has 0 radical (unpaired) electrons. The third-order valence-corrected chi connectivity index (χ3v) is 2.23. The first-order chi connectivity index (χ1) is 7.54. The molecule has 0 spiro atoms. The molecule has 1 aromatic carbocycles. The second-order valence-electron chi connectivity index (χ2n) is 3.75. The SMILES string of the molecule is COc1ccc(/C=C(/C(C)C)[N+](=O)[O-])cc1. The minimum Gasteiger partial charge on any atom is -0.497 e. The molecular weight excluding hydrogens is 206 g/mol. The second-order valence-corrected chi connectivity index (χ2v) is 3.75. The molecule has 4 heteroatoms. The summed E-state index contributed by atoms with van der Waals surface area (Å²) in [6.45, 7) is 3.61. The van der Waals surface area contributed by atoms with Gasteiger partial charge >= 0.3 is 0 Å². The molecule has 0 N–H and O–H groups in total. The zero-order chi connectivity index (χ0) is 12.1. The number of rotatable bonds is 4. The van der Waals surface area contributed by atoms with Crippen LogP contribution in [0.15, 0.2) is 30.0 Å². The topological polar surface area (TPSA) is 52.4 Å². The van der Waals surface area contributed by atoms with Crippen molar-refractivity contribution in [3.8, 4) is 5.75 Å². The number of ether oxygens (including phenoxy) is 1. The number of allylic oxidation sites excluding steroid dienone is 1. The molecule has 1 rings (SSSR count). The predicted octanol–water partition coefficient (Wildman–Crippen LogP) is 2.97. The van der Waals surface area contributed by atoms with Gasteiger partial charge in [0.25, 0.3) is 0 Å². The average molecular weight is 221 g/mol. The van der Waals surface area contributed by atoms with Gasteiger partial charge < -0.3 is 4.74 Å². The van der Waals surface area contributed by atoms with Gasteiger partial charge in [-0.25, -0.2) is 0 Å². The highest BCUT2D eigenvalue weighted by molar-refractivity contribution is 5.52. The Kier molecular flexibility index (Phi) is 4.05. The lowest BCUT2D eigenvalue weighted by molar-refractivity contribution is -0.431. The van der Waals surface area contributed by atoms with Crippen molar-refractivity contribution in [1.29, 1.82) is 0 Å². The van der Waals surface area contributed by atoms with E-state index in [4.69, 9.17) is 4.74 Å². The largest absolute Gasteiger partial charge is 0.497 e. The zero-order valence-electron chi connectivity index (χ0n) is 9.64. The first kappa shape index (κ1) is 12.2. The summed E-state index contributed by atoms with van der Waals surface area (Å²) in [5, 5.41) is 10.8. The number of nitro groups is 1. The van der Waals surface area contributed by atoms with Crippen LogP contribution >= 0.6 is 0 Å². The fourth-order valence-electron chi connectivity index (χ4n) is 1.30. The maximum atomic E-state index is 10.8. The Morgan fingerprint density at radius 2 is 1.94 bits per heavy atom. The highest BCUT2D eigenvalue weighted by Crippen LogP contribution is 2.17. The summed E-state index contributed by atoms with van der Waals surface area (Å²) >= 11 is 0. The van der Waals surface area contributed by atoms with Crippen LogP contribution < -0.4 is 4.74 Å². The molecule has 0 unspecified atom stereocenters. The fraction of sp³-hybridized carbons (Fsp3) is 0.333. The van der Waals surface area contributed by atoms with Crippen molar-refractivity contribution in [3.63, 3.8) is 0 Å². The standard InChI is InChI=1S/C12H15NO3/c1-9(2)12(13(14)15)8-10-4-6-11(16-3)7-5-10/h4-9H,1-3H3/b12-8-. The van der Waals surface area contributed by atoms with Crippen molar-refractivity contribution < 1.29 is 9.66 Å². The number of nitrogens with zero attached hydrogens (tertiary/aromatic N) is 1. The Hall–Kier alpha value is -1.84. The van der Waals surface area contributed by atoms with E-state index in [0.717, 1.165) is 11.3 Å². The first-order valence-electron chi connectivity index (χ1n) is 5.04. The molecule has 0 aliphatic rings. The van der Waals surface area contributed by atoms with Crippen LogP contribution in [0.1, 0.15) is 19.4 Å². The maximum Gasteiger partial charge on any atom is 0.249 e. The van der Waals surface area contributed by atoms with E-state index in [1.54, 1.807) is 51.3 Å². The van der Waals surface area contributed by atoms with Gasteiger partial charge in [0.15, 0.2) is 0 Å². The van der Waals surface area contributed by atoms with Crippen molar-refractivity contribution in [3.05, 3.63) is 45.6 Å². The summed E-state index contributed by atoms with van der Waals surface area (Å²) in [5.74, 6) is 0.640. The highest BCUT2D eigenvalue weighted by Gasteiger charge is 2.15. The summed E-state index contributed by atoms with van der Waals surface area (Å²) in [7, 11) is 1.58. The van der Waals surface area contributed by atoms with Crippen LogP contribution in [0, 0.1) is 16.0 Å². The number of hydrogen-bond acceptors (Lipinski definition) is 3.